The highest BCUT2D eigenvalue weighted by Crippen LogP contribution is 2.20. The standard InChI is InChI=1S/C18H26N6O7S/c19-10(5-14(25)26)15(27)22-11(4-9-6-20-8-21-9)17(29)24-3-1-2-13(24)16(28)23-12(7-32)18(30)31/h6,8,10-13,32H,1-5,7,19H2,(H,20,21)(H,22,27)(H,23,28)(H,25,26)(H,30,31). The average Bonchev–Trinajstić information content (AvgIpc) is 3.41. The lowest BCUT2D eigenvalue weighted by Crippen LogP contribution is -2.57. The van der Waals surface area contributed by atoms with E-state index in [-0.39, 0.29) is 18.7 Å². The van der Waals surface area contributed by atoms with Crippen molar-refractivity contribution in [1.82, 2.24) is 25.5 Å². The Morgan fingerprint density at radius 2 is 1.97 bits per heavy atom. The van der Waals surface area contributed by atoms with Crippen LogP contribution in [0.1, 0.15) is 25.0 Å². The van der Waals surface area contributed by atoms with Crippen LogP contribution >= 0.6 is 12.6 Å². The molecule has 1 aliphatic rings. The van der Waals surface area contributed by atoms with E-state index in [2.05, 4.69) is 33.2 Å². The highest BCUT2D eigenvalue weighted by atomic mass is 32.1. The zero-order valence-corrected chi connectivity index (χ0v) is 18.0. The second-order valence-corrected chi connectivity index (χ2v) is 7.68. The molecular weight excluding hydrogens is 444 g/mol. The molecule has 1 aromatic rings. The normalized spacial score (nSPS) is 18.4. The summed E-state index contributed by atoms with van der Waals surface area (Å²) in [7, 11) is 0. The fourth-order valence-electron chi connectivity index (χ4n) is 3.33. The Morgan fingerprint density at radius 1 is 1.25 bits per heavy atom. The number of likely N-dealkylation sites (tertiary alicyclic amines) is 1. The molecule has 1 saturated heterocycles. The molecule has 176 valence electrons. The molecule has 0 bridgehead atoms. The zero-order chi connectivity index (χ0) is 23.8. The van der Waals surface area contributed by atoms with E-state index < -0.39 is 60.2 Å². The number of nitrogens with one attached hydrogen (secondary N) is 3. The number of aliphatic carboxylic acids is 2. The molecule has 32 heavy (non-hydrogen) atoms. The van der Waals surface area contributed by atoms with Crippen LogP contribution in [0.15, 0.2) is 12.5 Å². The molecule has 13 nitrogen and oxygen atoms in total. The van der Waals surface area contributed by atoms with Crippen molar-refractivity contribution in [2.24, 2.45) is 5.73 Å². The molecule has 4 unspecified atom stereocenters. The number of nitrogens with two attached hydrogens (primary N) is 1. The van der Waals surface area contributed by atoms with Crippen molar-refractivity contribution in [3.8, 4) is 0 Å². The fourth-order valence-corrected chi connectivity index (χ4v) is 3.58. The Morgan fingerprint density at radius 3 is 2.53 bits per heavy atom. The molecule has 0 radical (unpaired) electrons. The predicted octanol–water partition coefficient (Wildman–Crippen LogP) is -2.27. The summed E-state index contributed by atoms with van der Waals surface area (Å²) in [5.41, 5.74) is 6.13. The van der Waals surface area contributed by atoms with Crippen LogP contribution in [0.4, 0.5) is 0 Å². The number of aromatic nitrogens is 2. The fraction of sp³-hybridized carbons (Fsp3) is 0.556. The van der Waals surface area contributed by atoms with Gasteiger partial charge in [-0.25, -0.2) is 9.78 Å². The van der Waals surface area contributed by atoms with Crippen LogP contribution < -0.4 is 16.4 Å². The second kappa shape index (κ2) is 11.5. The molecular formula is C18H26N6O7S. The molecule has 1 aliphatic heterocycles. The van der Waals surface area contributed by atoms with Crippen LogP contribution in [0, 0.1) is 0 Å². The van der Waals surface area contributed by atoms with Crippen molar-refractivity contribution in [3.05, 3.63) is 18.2 Å². The van der Waals surface area contributed by atoms with Gasteiger partial charge in [-0.2, -0.15) is 12.6 Å². The summed E-state index contributed by atoms with van der Waals surface area (Å²) >= 11 is 3.91. The van der Waals surface area contributed by atoms with Gasteiger partial charge in [-0.15, -0.1) is 0 Å². The molecule has 3 amide bonds. The Hall–Kier alpha value is -3.13. The van der Waals surface area contributed by atoms with Crippen molar-refractivity contribution < 1.29 is 34.2 Å². The van der Waals surface area contributed by atoms with Crippen LogP contribution in [0.2, 0.25) is 0 Å². The van der Waals surface area contributed by atoms with E-state index in [1.54, 1.807) is 0 Å². The molecule has 0 aromatic carbocycles. The van der Waals surface area contributed by atoms with Crippen LogP contribution in [0.3, 0.4) is 0 Å². The molecule has 1 fully saturated rings. The summed E-state index contributed by atoms with van der Waals surface area (Å²) in [5.74, 6) is -4.68. The van der Waals surface area contributed by atoms with Crippen molar-refractivity contribution in [3.63, 3.8) is 0 Å². The first-order valence-electron chi connectivity index (χ1n) is 9.83. The highest BCUT2D eigenvalue weighted by molar-refractivity contribution is 7.80. The first-order valence-corrected chi connectivity index (χ1v) is 10.5. The van der Waals surface area contributed by atoms with Crippen molar-refractivity contribution in [2.75, 3.05) is 12.3 Å². The minimum absolute atomic E-state index is 0.00357. The van der Waals surface area contributed by atoms with Gasteiger partial charge in [0.25, 0.3) is 0 Å². The number of imidazole rings is 1. The van der Waals surface area contributed by atoms with Gasteiger partial charge in [-0.1, -0.05) is 0 Å². The quantitative estimate of drug-likeness (QED) is 0.174. The predicted molar refractivity (Wildman–Crippen MR) is 113 cm³/mol. The number of carbonyl (C=O) groups excluding carboxylic acids is 3. The maximum absolute atomic E-state index is 13.3. The Labute approximate surface area is 188 Å². The molecule has 1 aromatic heterocycles. The smallest absolute Gasteiger partial charge is 0.327 e. The van der Waals surface area contributed by atoms with E-state index in [1.807, 2.05) is 0 Å². The number of aromatic amines is 1. The molecule has 2 heterocycles. The Balaban J connectivity index is 2.17. The summed E-state index contributed by atoms with van der Waals surface area (Å²) in [4.78, 5) is 68.2. The lowest BCUT2D eigenvalue weighted by Gasteiger charge is -2.29. The number of carbonyl (C=O) groups is 5. The zero-order valence-electron chi connectivity index (χ0n) is 17.1. The van der Waals surface area contributed by atoms with Gasteiger partial charge in [0.1, 0.15) is 18.1 Å². The molecule has 7 N–H and O–H groups in total. The van der Waals surface area contributed by atoms with Gasteiger partial charge in [-0.05, 0) is 12.8 Å². The molecule has 4 atom stereocenters. The topological polar surface area (TPSA) is 208 Å². The summed E-state index contributed by atoms with van der Waals surface area (Å²) in [6.07, 6.45) is 3.06. The summed E-state index contributed by atoms with van der Waals surface area (Å²) in [6, 6.07) is -4.64. The number of nitrogens with zero attached hydrogens (tertiary/aromatic N) is 2. The third-order valence-electron chi connectivity index (χ3n) is 4.96. The summed E-state index contributed by atoms with van der Waals surface area (Å²) < 4.78 is 0. The Bertz CT molecular complexity index is 849. The average molecular weight is 471 g/mol. The van der Waals surface area contributed by atoms with Crippen molar-refractivity contribution >= 4 is 42.3 Å². The number of hydrogen-bond acceptors (Lipinski definition) is 8. The van der Waals surface area contributed by atoms with Gasteiger partial charge >= 0.3 is 11.9 Å². The highest BCUT2D eigenvalue weighted by Gasteiger charge is 2.39. The number of amides is 3. The number of thiol groups is 1. The maximum Gasteiger partial charge on any atom is 0.327 e. The van der Waals surface area contributed by atoms with E-state index in [9.17, 15) is 24.0 Å². The van der Waals surface area contributed by atoms with Gasteiger partial charge in [0, 0.05) is 30.6 Å². The van der Waals surface area contributed by atoms with Gasteiger partial charge in [0.15, 0.2) is 0 Å². The molecule has 0 aliphatic carbocycles. The van der Waals surface area contributed by atoms with E-state index in [0.29, 0.717) is 18.5 Å². The first-order chi connectivity index (χ1) is 15.1. The van der Waals surface area contributed by atoms with Gasteiger partial charge in [0.2, 0.25) is 17.7 Å². The van der Waals surface area contributed by atoms with Crippen LogP contribution in [0.5, 0.6) is 0 Å². The third kappa shape index (κ3) is 6.68. The number of carboxylic acids is 2. The minimum Gasteiger partial charge on any atom is -0.481 e. The number of rotatable bonds is 11. The lowest BCUT2D eigenvalue weighted by molar-refractivity contribution is -0.144. The molecule has 0 spiro atoms. The monoisotopic (exact) mass is 470 g/mol. The van der Waals surface area contributed by atoms with Crippen molar-refractivity contribution in [2.45, 2.75) is 49.9 Å². The van der Waals surface area contributed by atoms with E-state index in [1.165, 1.54) is 17.4 Å². The van der Waals surface area contributed by atoms with E-state index in [4.69, 9.17) is 15.9 Å². The van der Waals surface area contributed by atoms with E-state index in [0.717, 1.165) is 0 Å². The minimum atomic E-state index is -1.37. The number of H-pyrrole nitrogens is 1. The van der Waals surface area contributed by atoms with Crippen molar-refractivity contribution in [1.29, 1.82) is 0 Å². The Kier molecular flexibility index (Phi) is 9.02. The van der Waals surface area contributed by atoms with Crippen LogP contribution in [-0.2, 0) is 30.4 Å². The van der Waals surface area contributed by atoms with E-state index >= 15 is 0 Å². The van der Waals surface area contributed by atoms with Gasteiger partial charge in [0.05, 0.1) is 18.8 Å². The maximum atomic E-state index is 13.3. The lowest BCUT2D eigenvalue weighted by atomic mass is 10.1. The molecule has 0 saturated carbocycles. The second-order valence-electron chi connectivity index (χ2n) is 7.32. The summed E-state index contributed by atoms with van der Waals surface area (Å²) in [5, 5.41) is 22.8. The van der Waals surface area contributed by atoms with Crippen LogP contribution in [-0.4, -0.2) is 91.2 Å². The van der Waals surface area contributed by atoms with Gasteiger partial charge < -0.3 is 36.5 Å². The van der Waals surface area contributed by atoms with Crippen LogP contribution in [0.25, 0.3) is 0 Å². The SMILES string of the molecule is NC(CC(=O)O)C(=O)NC(Cc1cnc[nH]1)C(=O)N1CCCC1C(=O)NC(CS)C(=O)O. The number of hydrogen-bond donors (Lipinski definition) is 7. The first kappa shape index (κ1) is 25.1. The summed E-state index contributed by atoms with van der Waals surface area (Å²) in [6.45, 7) is 0.228. The third-order valence-corrected chi connectivity index (χ3v) is 5.33. The largest absolute Gasteiger partial charge is 0.481 e. The molecule has 2 rings (SSSR count). The molecule has 14 heteroatoms. The number of carboxylic acid groups (broad SMARTS) is 2. The van der Waals surface area contributed by atoms with Gasteiger partial charge in [-0.3, -0.25) is 19.2 Å².